The van der Waals surface area contributed by atoms with E-state index in [1.54, 1.807) is 0 Å². The third-order valence-corrected chi connectivity index (χ3v) is 6.46. The van der Waals surface area contributed by atoms with Crippen molar-refractivity contribution in [1.82, 2.24) is 14.1 Å². The van der Waals surface area contributed by atoms with Crippen LogP contribution in [0.3, 0.4) is 0 Å². The number of para-hydroxylation sites is 2. The molecule has 4 aromatic rings. The molecule has 172 valence electrons. The average molecular weight is 444 g/mol. The van der Waals surface area contributed by atoms with Crippen LogP contribution in [0, 0.1) is 13.8 Å². The molecule has 0 atom stereocenters. The fourth-order valence-corrected chi connectivity index (χ4v) is 4.37. The van der Waals surface area contributed by atoms with Gasteiger partial charge < -0.3 is 9.30 Å². The van der Waals surface area contributed by atoms with E-state index >= 15 is 0 Å². The van der Waals surface area contributed by atoms with Gasteiger partial charge in [-0.25, -0.2) is 4.98 Å². The number of hydrogen-bond acceptors (Lipinski definition) is 2. The molecule has 0 spiro atoms. The molecule has 0 bridgehead atoms. The molecular formula is C28H35N4O+. The summed E-state index contributed by atoms with van der Waals surface area (Å²) in [5, 5.41) is 0. The molecule has 2 heterocycles. The second kappa shape index (κ2) is 8.89. The number of imidazole rings is 2. The zero-order chi connectivity index (χ0) is 23.9. The van der Waals surface area contributed by atoms with Crippen LogP contribution in [0.5, 0.6) is 11.6 Å². The molecule has 0 N–H and O–H groups in total. The SMILES string of the molecule is Cc1ccccc1Oc1cn(-c2c(C(C)C)cccc2C(C)C)c(-c2cnc(C)n2C)[n+]1C. The Bertz CT molecular complexity index is 1270. The Kier molecular flexibility index (Phi) is 6.15. The third kappa shape index (κ3) is 4.08. The molecule has 5 heteroatoms. The lowest BCUT2D eigenvalue weighted by Crippen LogP contribution is -2.32. The maximum atomic E-state index is 6.46. The lowest BCUT2D eigenvalue weighted by atomic mass is 9.92. The fraction of sp³-hybridized carbons (Fsp3) is 0.357. The minimum Gasteiger partial charge on any atom is -0.420 e. The minimum absolute atomic E-state index is 0.383. The first-order valence-electron chi connectivity index (χ1n) is 11.7. The molecule has 2 aromatic heterocycles. The topological polar surface area (TPSA) is 35.9 Å². The summed E-state index contributed by atoms with van der Waals surface area (Å²) in [6.45, 7) is 13.1. The zero-order valence-corrected chi connectivity index (χ0v) is 21.0. The number of benzene rings is 2. The van der Waals surface area contributed by atoms with Crippen molar-refractivity contribution < 1.29 is 9.30 Å². The summed E-state index contributed by atoms with van der Waals surface area (Å²) in [4.78, 5) is 4.59. The maximum Gasteiger partial charge on any atom is 0.330 e. The lowest BCUT2D eigenvalue weighted by Gasteiger charge is -2.17. The monoisotopic (exact) mass is 443 g/mol. The number of aryl methyl sites for hydroxylation is 2. The third-order valence-electron chi connectivity index (χ3n) is 6.46. The quantitative estimate of drug-likeness (QED) is 0.325. The van der Waals surface area contributed by atoms with Gasteiger partial charge in [0.2, 0.25) is 0 Å². The molecule has 0 saturated carbocycles. The van der Waals surface area contributed by atoms with Gasteiger partial charge in [0.1, 0.15) is 17.3 Å². The summed E-state index contributed by atoms with van der Waals surface area (Å²) in [5.41, 5.74) is 6.02. The Hall–Kier alpha value is -3.34. The highest BCUT2D eigenvalue weighted by molar-refractivity contribution is 5.59. The first-order chi connectivity index (χ1) is 15.7. The smallest absolute Gasteiger partial charge is 0.330 e. The van der Waals surface area contributed by atoms with Gasteiger partial charge in [0.15, 0.2) is 11.9 Å². The Morgan fingerprint density at radius 3 is 2.09 bits per heavy atom. The second-order valence-electron chi connectivity index (χ2n) is 9.43. The van der Waals surface area contributed by atoms with Gasteiger partial charge in [-0.05, 0) is 37.3 Å². The second-order valence-corrected chi connectivity index (χ2v) is 9.43. The molecule has 33 heavy (non-hydrogen) atoms. The van der Waals surface area contributed by atoms with Crippen molar-refractivity contribution >= 4 is 0 Å². The van der Waals surface area contributed by atoms with Gasteiger partial charge in [-0.1, -0.05) is 64.1 Å². The molecule has 2 aromatic carbocycles. The Labute approximate surface area is 197 Å². The fourth-order valence-electron chi connectivity index (χ4n) is 4.37. The molecule has 0 radical (unpaired) electrons. The Morgan fingerprint density at radius 2 is 1.55 bits per heavy atom. The van der Waals surface area contributed by atoms with Gasteiger partial charge in [-0.3, -0.25) is 0 Å². The summed E-state index contributed by atoms with van der Waals surface area (Å²) >= 11 is 0. The van der Waals surface area contributed by atoms with Crippen LogP contribution in [0.25, 0.3) is 17.2 Å². The predicted molar refractivity (Wildman–Crippen MR) is 133 cm³/mol. The van der Waals surface area contributed by atoms with Gasteiger partial charge in [0.25, 0.3) is 0 Å². The van der Waals surface area contributed by atoms with E-state index in [4.69, 9.17) is 4.74 Å². The van der Waals surface area contributed by atoms with E-state index in [0.717, 1.165) is 34.5 Å². The molecule has 0 saturated heterocycles. The summed E-state index contributed by atoms with van der Waals surface area (Å²) in [6.07, 6.45) is 4.07. The summed E-state index contributed by atoms with van der Waals surface area (Å²) in [7, 11) is 4.13. The normalized spacial score (nSPS) is 11.6. The first-order valence-corrected chi connectivity index (χ1v) is 11.7. The summed E-state index contributed by atoms with van der Waals surface area (Å²) < 4.78 is 13.0. The van der Waals surface area contributed by atoms with Crippen molar-refractivity contribution in [2.45, 2.75) is 53.4 Å². The molecule has 0 aliphatic heterocycles. The van der Waals surface area contributed by atoms with Crippen LogP contribution in [-0.4, -0.2) is 14.1 Å². The first kappa shape index (κ1) is 22.8. The van der Waals surface area contributed by atoms with E-state index in [2.05, 4.69) is 97.9 Å². The molecular weight excluding hydrogens is 408 g/mol. The lowest BCUT2D eigenvalue weighted by molar-refractivity contribution is -0.664. The van der Waals surface area contributed by atoms with Crippen molar-refractivity contribution in [2.24, 2.45) is 14.1 Å². The van der Waals surface area contributed by atoms with E-state index in [0.29, 0.717) is 11.8 Å². The molecule has 0 amide bonds. The van der Waals surface area contributed by atoms with Gasteiger partial charge in [0.05, 0.1) is 13.2 Å². The highest BCUT2D eigenvalue weighted by Gasteiger charge is 2.32. The molecule has 5 nitrogen and oxygen atoms in total. The minimum atomic E-state index is 0.383. The Balaban J connectivity index is 2.03. The van der Waals surface area contributed by atoms with Gasteiger partial charge in [-0.15, -0.1) is 0 Å². The van der Waals surface area contributed by atoms with Crippen LogP contribution >= 0.6 is 0 Å². The summed E-state index contributed by atoms with van der Waals surface area (Å²) in [5.74, 6) is 4.42. The van der Waals surface area contributed by atoms with E-state index in [-0.39, 0.29) is 0 Å². The van der Waals surface area contributed by atoms with Crippen LogP contribution in [0.15, 0.2) is 54.9 Å². The predicted octanol–water partition coefficient (Wildman–Crippen LogP) is 6.36. The van der Waals surface area contributed by atoms with Crippen LogP contribution in [0.1, 0.15) is 62.0 Å². The summed E-state index contributed by atoms with van der Waals surface area (Å²) in [6, 6.07) is 14.8. The van der Waals surface area contributed by atoms with Crippen LogP contribution in [0.2, 0.25) is 0 Å². The number of aromatic nitrogens is 4. The van der Waals surface area contributed by atoms with Gasteiger partial charge in [-0.2, -0.15) is 9.13 Å². The molecule has 0 unspecified atom stereocenters. The molecule has 4 rings (SSSR count). The standard InChI is InChI=1S/C28H35N4O/c1-18(2)22-13-11-14-23(19(3)4)27(22)32-17-26(33-25-15-10-9-12-20(25)5)31(8)28(32)24-16-29-21(6)30(24)7/h9-19H,1-8H3/q+1. The van der Waals surface area contributed by atoms with Crippen molar-refractivity contribution in [1.29, 1.82) is 0 Å². The van der Waals surface area contributed by atoms with E-state index in [9.17, 15) is 0 Å². The molecule has 0 fully saturated rings. The molecule has 0 aliphatic rings. The van der Waals surface area contributed by atoms with Crippen LogP contribution in [0.4, 0.5) is 0 Å². The number of hydrogen-bond donors (Lipinski definition) is 0. The average Bonchev–Trinajstić information content (AvgIpc) is 3.27. The van der Waals surface area contributed by atoms with Crippen molar-refractivity contribution in [3.05, 3.63) is 77.4 Å². The van der Waals surface area contributed by atoms with Crippen molar-refractivity contribution in [3.63, 3.8) is 0 Å². The number of ether oxygens (including phenoxy) is 1. The maximum absolute atomic E-state index is 6.46. The van der Waals surface area contributed by atoms with Gasteiger partial charge in [0, 0.05) is 18.2 Å². The zero-order valence-electron chi connectivity index (χ0n) is 21.0. The van der Waals surface area contributed by atoms with Gasteiger partial charge >= 0.3 is 11.7 Å². The van der Waals surface area contributed by atoms with Crippen molar-refractivity contribution in [3.8, 4) is 28.8 Å². The van der Waals surface area contributed by atoms with E-state index < -0.39 is 0 Å². The van der Waals surface area contributed by atoms with Crippen LogP contribution in [-0.2, 0) is 14.1 Å². The molecule has 0 aliphatic carbocycles. The largest absolute Gasteiger partial charge is 0.420 e. The van der Waals surface area contributed by atoms with E-state index in [1.165, 1.54) is 16.8 Å². The van der Waals surface area contributed by atoms with Crippen molar-refractivity contribution in [2.75, 3.05) is 0 Å². The highest BCUT2D eigenvalue weighted by atomic mass is 16.5. The van der Waals surface area contributed by atoms with Crippen LogP contribution < -0.4 is 9.30 Å². The highest BCUT2D eigenvalue weighted by Crippen LogP contribution is 2.35. The van der Waals surface area contributed by atoms with E-state index in [1.807, 2.05) is 31.3 Å². The number of rotatable bonds is 6. The Morgan fingerprint density at radius 1 is 0.909 bits per heavy atom. The number of nitrogens with zero attached hydrogens (tertiary/aromatic N) is 4.